The Morgan fingerprint density at radius 1 is 1.24 bits per heavy atom. The number of rotatable bonds is 14. The van der Waals surface area contributed by atoms with E-state index in [0.29, 0.717) is 41.0 Å². The van der Waals surface area contributed by atoms with Crippen LogP contribution in [0.4, 0.5) is 5.00 Å². The van der Waals surface area contributed by atoms with E-state index in [-0.39, 0.29) is 5.92 Å². The Labute approximate surface area is 244 Å². The zero-order valence-electron chi connectivity index (χ0n) is 21.4. The number of nitrogens with one attached hydrogen (secondary N) is 2. The van der Waals surface area contributed by atoms with E-state index in [9.17, 15) is 4.79 Å². The number of carbonyl (C=O) groups is 2. The van der Waals surface area contributed by atoms with Crippen LogP contribution < -0.4 is 15.4 Å². The fraction of sp³-hybridized carbons (Fsp3) is 0.259. The molecule has 0 amide bonds. The van der Waals surface area contributed by atoms with Gasteiger partial charge in [-0.3, -0.25) is 4.79 Å². The summed E-state index contributed by atoms with van der Waals surface area (Å²) in [5, 5.41) is 8.11. The number of hydrogen-bond acceptors (Lipinski definition) is 7. The highest BCUT2D eigenvalue weighted by Gasteiger charge is 2.26. The van der Waals surface area contributed by atoms with Gasteiger partial charge in [-0.1, -0.05) is 59.9 Å². The van der Waals surface area contributed by atoms with Gasteiger partial charge in [-0.25, -0.2) is 0 Å². The second kappa shape index (κ2) is 21.2. The van der Waals surface area contributed by atoms with Crippen LogP contribution in [-0.4, -0.2) is 40.3 Å². The molecule has 2 N–H and O–H groups in total. The number of ether oxygens (including phenoxy) is 1. The number of benzene rings is 1. The normalized spacial score (nSPS) is 11.4. The summed E-state index contributed by atoms with van der Waals surface area (Å²) < 4.78 is 11.6. The zero-order chi connectivity index (χ0) is 28.2. The highest BCUT2D eigenvalue weighted by atomic mass is 127. The summed E-state index contributed by atoms with van der Waals surface area (Å²) in [6, 6.07) is 7.50. The summed E-state index contributed by atoms with van der Waals surface area (Å²) in [4.78, 5) is 20.2. The molecule has 1 heterocycles. The van der Waals surface area contributed by atoms with Crippen molar-refractivity contribution in [3.8, 4) is 5.06 Å². The van der Waals surface area contributed by atoms with Gasteiger partial charge in [0.05, 0.1) is 18.6 Å². The van der Waals surface area contributed by atoms with E-state index >= 15 is 0 Å². The third kappa shape index (κ3) is 12.5. The number of allylic oxidation sites excluding steroid dienone is 4. The summed E-state index contributed by atoms with van der Waals surface area (Å²) >= 11 is 9.67. The molecule has 2 rings (SSSR count). The van der Waals surface area contributed by atoms with Crippen LogP contribution in [0.2, 0.25) is 5.02 Å². The van der Waals surface area contributed by atoms with E-state index in [2.05, 4.69) is 52.4 Å². The van der Waals surface area contributed by atoms with E-state index in [4.69, 9.17) is 25.7 Å². The maximum atomic E-state index is 12.2. The second-order valence-corrected chi connectivity index (χ2v) is 10.5. The lowest BCUT2D eigenvalue weighted by Crippen LogP contribution is -2.06. The molecule has 1 aromatic heterocycles. The molecule has 0 saturated heterocycles. The van der Waals surface area contributed by atoms with Crippen LogP contribution in [0.25, 0.3) is 0 Å². The van der Waals surface area contributed by atoms with Crippen molar-refractivity contribution in [2.24, 2.45) is 0 Å². The Hall–Kier alpha value is -1.81. The molecule has 6 nitrogen and oxygen atoms in total. The minimum Gasteiger partial charge on any atom is -0.446 e. The van der Waals surface area contributed by atoms with Gasteiger partial charge in [0, 0.05) is 23.0 Å². The topological polar surface area (TPSA) is 76.7 Å². The van der Waals surface area contributed by atoms with Crippen molar-refractivity contribution in [1.82, 2.24) is 5.32 Å². The molecule has 2 aromatic rings. The van der Waals surface area contributed by atoms with Crippen molar-refractivity contribution < 1.29 is 18.8 Å². The molecular weight excluding hydrogens is 642 g/mol. The molecule has 10 heteroatoms. The monoisotopic (exact) mass is 676 g/mol. The molecular formula is C27H35ClIN2O4PS. The zero-order valence-corrected chi connectivity index (χ0v) is 26.2. The minimum atomic E-state index is -0.256. The van der Waals surface area contributed by atoms with Crippen molar-refractivity contribution in [1.29, 1.82) is 0 Å². The largest absolute Gasteiger partial charge is 0.446 e. The summed E-state index contributed by atoms with van der Waals surface area (Å²) in [5.74, 6) is 0.299. The van der Waals surface area contributed by atoms with Crippen LogP contribution in [0.5, 0.6) is 5.06 Å². The molecule has 0 spiro atoms. The average molecular weight is 677 g/mol. The molecule has 202 valence electrons. The fourth-order valence-electron chi connectivity index (χ4n) is 3.01. The number of aldehydes is 1. The fourth-order valence-corrected chi connectivity index (χ4v) is 5.13. The van der Waals surface area contributed by atoms with Gasteiger partial charge in [0.2, 0.25) is 0 Å². The highest BCUT2D eigenvalue weighted by Crippen LogP contribution is 2.46. The predicted molar refractivity (Wildman–Crippen MR) is 170 cm³/mol. The van der Waals surface area contributed by atoms with Crippen molar-refractivity contribution in [3.63, 3.8) is 0 Å². The summed E-state index contributed by atoms with van der Waals surface area (Å²) in [6.07, 6.45) is 6.93. The average Bonchev–Trinajstić information content (AvgIpc) is 3.23. The van der Waals surface area contributed by atoms with Crippen LogP contribution in [0.3, 0.4) is 0 Å². The molecule has 0 fully saturated rings. The molecule has 0 saturated carbocycles. The van der Waals surface area contributed by atoms with Crippen molar-refractivity contribution >= 4 is 69.5 Å². The van der Waals surface area contributed by atoms with Crippen LogP contribution >= 0.6 is 51.4 Å². The Morgan fingerprint density at radius 2 is 1.86 bits per heavy atom. The lowest BCUT2D eigenvalue weighted by molar-refractivity contribution is -0.0980. The number of thiophene rings is 1. The summed E-state index contributed by atoms with van der Waals surface area (Å²) in [7, 11) is 3.75. The van der Waals surface area contributed by atoms with E-state index in [1.54, 1.807) is 18.2 Å². The Balaban J connectivity index is 0.00000241. The van der Waals surface area contributed by atoms with Gasteiger partial charge in [0.15, 0.2) is 11.3 Å². The van der Waals surface area contributed by atoms with Crippen LogP contribution in [0.1, 0.15) is 40.7 Å². The van der Waals surface area contributed by atoms with Gasteiger partial charge in [0.25, 0.3) is 0 Å². The van der Waals surface area contributed by atoms with Gasteiger partial charge >= 0.3 is 0 Å². The lowest BCUT2D eigenvalue weighted by Gasteiger charge is -2.16. The first-order valence-corrected chi connectivity index (χ1v) is 16.3. The van der Waals surface area contributed by atoms with Crippen LogP contribution in [-0.2, 0) is 9.32 Å². The maximum Gasteiger partial charge on any atom is 0.187 e. The number of anilines is 1. The molecule has 0 aliphatic carbocycles. The SMILES string of the molecule is C=C/C(=C\C(=C)C)Oc1sc(NCCCOPI)c(C=O)c1C(C=C)c1ccc(Cl)cc1.C=O.CNC. The summed E-state index contributed by atoms with van der Waals surface area (Å²) in [5.41, 5.74) is 3.10. The molecule has 0 radical (unpaired) electrons. The predicted octanol–water partition coefficient (Wildman–Crippen LogP) is 7.97. The second-order valence-electron chi connectivity index (χ2n) is 7.33. The Bertz CT molecular complexity index is 1030. The highest BCUT2D eigenvalue weighted by molar-refractivity contribution is 14.2. The quantitative estimate of drug-likeness (QED) is 0.0402. The third-order valence-electron chi connectivity index (χ3n) is 4.41. The molecule has 37 heavy (non-hydrogen) atoms. The van der Waals surface area contributed by atoms with Crippen LogP contribution in [0, 0.1) is 0 Å². The maximum absolute atomic E-state index is 12.2. The molecule has 2 atom stereocenters. The summed E-state index contributed by atoms with van der Waals surface area (Å²) in [6.45, 7) is 17.4. The van der Waals surface area contributed by atoms with Gasteiger partial charge in [0.1, 0.15) is 17.5 Å². The molecule has 0 aliphatic rings. The number of halogens is 2. The van der Waals surface area contributed by atoms with Gasteiger partial charge in [-0.05, 0) is 79.3 Å². The Kier molecular flexibility index (Phi) is 20.1. The van der Waals surface area contributed by atoms with E-state index in [1.165, 1.54) is 11.3 Å². The lowest BCUT2D eigenvalue weighted by atomic mass is 9.90. The first-order chi connectivity index (χ1) is 17.9. The van der Waals surface area contributed by atoms with Gasteiger partial charge in [-0.15, -0.1) is 6.58 Å². The molecule has 0 bridgehead atoms. The minimum absolute atomic E-state index is 0.256. The van der Waals surface area contributed by atoms with Gasteiger partial charge in [-0.2, -0.15) is 0 Å². The molecule has 0 aliphatic heterocycles. The smallest absolute Gasteiger partial charge is 0.187 e. The van der Waals surface area contributed by atoms with Gasteiger partial charge < -0.3 is 24.7 Å². The standard InChI is InChI=1S/C24H26ClINO3PS.C2H7N.CH2O/c1-5-19(14-16(3)4)30-24-22(20(6-2)17-8-10-18(25)11-9-17)21(15-28)23(32-24)27-12-7-13-29-31-26;1-3-2;1-2/h5-6,8-11,14-15,20,27,31H,1-3,7,12-13H2,4H3;3H,1-2H3;1H2/b19-14+;;. The van der Waals surface area contributed by atoms with Crippen molar-refractivity contribution in [2.45, 2.75) is 19.3 Å². The number of hydrogen-bond donors (Lipinski definition) is 2. The third-order valence-corrected chi connectivity index (χ3v) is 6.96. The first kappa shape index (κ1) is 35.2. The first-order valence-electron chi connectivity index (χ1n) is 11.1. The number of carbonyl (C=O) groups excluding carboxylic acids is 2. The van der Waals surface area contributed by atoms with E-state index < -0.39 is 0 Å². The van der Waals surface area contributed by atoms with Crippen molar-refractivity contribution in [3.05, 3.63) is 95.3 Å². The molecule has 1 aromatic carbocycles. The van der Waals surface area contributed by atoms with E-state index in [1.807, 2.05) is 52.1 Å². The van der Waals surface area contributed by atoms with E-state index in [0.717, 1.165) is 34.4 Å². The Morgan fingerprint density at radius 3 is 2.35 bits per heavy atom. The molecule has 2 unspecified atom stereocenters. The van der Waals surface area contributed by atoms with Crippen molar-refractivity contribution in [2.75, 3.05) is 32.6 Å². The van der Waals surface area contributed by atoms with Crippen LogP contribution in [0.15, 0.2) is 73.6 Å².